The van der Waals surface area contributed by atoms with E-state index in [0.29, 0.717) is 17.8 Å². The van der Waals surface area contributed by atoms with Gasteiger partial charge in [-0.05, 0) is 43.5 Å². The van der Waals surface area contributed by atoms with Crippen molar-refractivity contribution in [3.63, 3.8) is 0 Å². The topological polar surface area (TPSA) is 67.3 Å². The number of allylic oxidation sites excluding steroid dienone is 1. The summed E-state index contributed by atoms with van der Waals surface area (Å²) in [5.74, 6) is 1.87. The number of phenolic OH excluding ortho intramolecular Hbond substituents is 1. The zero-order valence-electron chi connectivity index (χ0n) is 15.8. The molecule has 0 saturated carbocycles. The van der Waals surface area contributed by atoms with Crippen LogP contribution in [0, 0.1) is 5.92 Å². The first-order valence-electron chi connectivity index (χ1n) is 9.69. The molecule has 0 bridgehead atoms. The summed E-state index contributed by atoms with van der Waals surface area (Å²) in [7, 11) is 1.66. The molecule has 0 amide bonds. The van der Waals surface area contributed by atoms with E-state index in [1.54, 1.807) is 19.2 Å². The molecule has 5 rings (SSSR count). The molecule has 0 fully saturated rings. The summed E-state index contributed by atoms with van der Waals surface area (Å²) in [5, 5.41) is 11.4. The lowest BCUT2D eigenvalue weighted by Crippen LogP contribution is -2.33. The first kappa shape index (κ1) is 17.2. The van der Waals surface area contributed by atoms with Crippen LogP contribution in [0.25, 0.3) is 18.2 Å². The standard InChI is InChI=1S/C23H22N2O3/c1-27-22-13-18(24-23(25-22)16-7-2-4-8-19(16)26)14-10-11-21-17(12-14)15-6-3-5-9-20(15)28-21/h2,4-5,7-9,11-12,14,22,26H,3,6,10,13H2,1H3. The minimum atomic E-state index is -0.293. The van der Waals surface area contributed by atoms with E-state index in [1.807, 2.05) is 12.1 Å². The number of hydrogen-bond acceptors (Lipinski definition) is 5. The normalized spacial score (nSPS) is 23.0. The smallest absolute Gasteiger partial charge is 0.160 e. The van der Waals surface area contributed by atoms with Crippen molar-refractivity contribution in [1.29, 1.82) is 0 Å². The summed E-state index contributed by atoms with van der Waals surface area (Å²) in [6, 6.07) is 7.16. The Balaban J connectivity index is 1.56. The lowest BCUT2D eigenvalue weighted by atomic mass is 9.90. The molecule has 2 heterocycles. The molecule has 1 aromatic carbocycles. The third-order valence-electron chi connectivity index (χ3n) is 5.61. The van der Waals surface area contributed by atoms with Crippen molar-refractivity contribution in [3.05, 3.63) is 57.9 Å². The van der Waals surface area contributed by atoms with Crippen LogP contribution in [0.4, 0.5) is 0 Å². The van der Waals surface area contributed by atoms with Gasteiger partial charge in [0, 0.05) is 35.9 Å². The van der Waals surface area contributed by atoms with Crippen molar-refractivity contribution < 1.29 is 14.3 Å². The molecule has 0 saturated heterocycles. The molecule has 3 aliphatic rings. The summed E-state index contributed by atoms with van der Waals surface area (Å²) >= 11 is 0. The maximum Gasteiger partial charge on any atom is 0.160 e. The molecular formula is C23H22N2O3. The predicted octanol–water partition coefficient (Wildman–Crippen LogP) is 2.79. The highest BCUT2D eigenvalue weighted by Crippen LogP contribution is 2.26. The molecule has 5 heteroatoms. The fraction of sp³-hybridized carbons (Fsp3) is 0.304. The molecule has 28 heavy (non-hydrogen) atoms. The molecule has 0 radical (unpaired) electrons. The number of nitrogens with zero attached hydrogens (tertiary/aromatic N) is 2. The fourth-order valence-electron chi connectivity index (χ4n) is 4.13. The van der Waals surface area contributed by atoms with Gasteiger partial charge in [0.25, 0.3) is 0 Å². The largest absolute Gasteiger partial charge is 0.507 e. The predicted molar refractivity (Wildman–Crippen MR) is 110 cm³/mol. The van der Waals surface area contributed by atoms with Crippen LogP contribution in [0.3, 0.4) is 0 Å². The van der Waals surface area contributed by atoms with Gasteiger partial charge in [0.1, 0.15) is 16.9 Å². The van der Waals surface area contributed by atoms with Gasteiger partial charge in [0.15, 0.2) is 12.1 Å². The van der Waals surface area contributed by atoms with E-state index in [2.05, 4.69) is 29.3 Å². The van der Waals surface area contributed by atoms with Gasteiger partial charge in [-0.15, -0.1) is 0 Å². The van der Waals surface area contributed by atoms with Gasteiger partial charge in [-0.25, -0.2) is 9.98 Å². The van der Waals surface area contributed by atoms with Crippen molar-refractivity contribution in [2.45, 2.75) is 31.9 Å². The van der Waals surface area contributed by atoms with E-state index in [4.69, 9.17) is 14.1 Å². The molecule has 5 nitrogen and oxygen atoms in total. The highest BCUT2D eigenvalue weighted by molar-refractivity contribution is 6.11. The second kappa shape index (κ2) is 6.91. The zero-order valence-corrected chi connectivity index (χ0v) is 15.8. The van der Waals surface area contributed by atoms with E-state index in [-0.39, 0.29) is 17.9 Å². The molecule has 142 valence electrons. The number of hydrogen-bond donors (Lipinski definition) is 1. The Morgan fingerprint density at radius 2 is 2.14 bits per heavy atom. The van der Waals surface area contributed by atoms with Gasteiger partial charge in [-0.3, -0.25) is 0 Å². The summed E-state index contributed by atoms with van der Waals surface area (Å²) in [5.41, 5.74) is 3.94. The Labute approximate surface area is 163 Å². The molecular weight excluding hydrogens is 352 g/mol. The summed E-state index contributed by atoms with van der Waals surface area (Å²) in [4.78, 5) is 9.41. The Morgan fingerprint density at radius 1 is 1.25 bits per heavy atom. The number of furan rings is 1. The van der Waals surface area contributed by atoms with Gasteiger partial charge in [-0.2, -0.15) is 0 Å². The van der Waals surface area contributed by atoms with Gasteiger partial charge < -0.3 is 14.3 Å². The Bertz CT molecular complexity index is 1140. The van der Waals surface area contributed by atoms with Gasteiger partial charge >= 0.3 is 0 Å². The maximum atomic E-state index is 10.2. The molecule has 2 aliphatic carbocycles. The van der Waals surface area contributed by atoms with Gasteiger partial charge in [-0.1, -0.05) is 24.3 Å². The number of para-hydroxylation sites is 1. The number of methoxy groups -OCH3 is 1. The van der Waals surface area contributed by atoms with Crippen LogP contribution in [-0.4, -0.2) is 30.0 Å². The third-order valence-corrected chi connectivity index (χ3v) is 5.61. The molecule has 1 N–H and O–H groups in total. The number of benzene rings is 1. The number of amidine groups is 1. The summed E-state index contributed by atoms with van der Waals surface area (Å²) in [6.45, 7) is 0. The Kier molecular flexibility index (Phi) is 4.24. The third kappa shape index (κ3) is 2.92. The van der Waals surface area contributed by atoms with Crippen LogP contribution in [0.5, 0.6) is 5.75 Å². The van der Waals surface area contributed by atoms with Gasteiger partial charge in [0.05, 0.1) is 5.56 Å². The van der Waals surface area contributed by atoms with E-state index >= 15 is 0 Å². The van der Waals surface area contributed by atoms with Gasteiger partial charge in [0.2, 0.25) is 0 Å². The lowest BCUT2D eigenvalue weighted by molar-refractivity contribution is 0.115. The average Bonchev–Trinajstić information content (AvgIpc) is 3.11. The Hall–Kier alpha value is -2.92. The molecule has 2 atom stereocenters. The molecule has 1 aliphatic heterocycles. The van der Waals surface area contributed by atoms with E-state index in [9.17, 15) is 5.11 Å². The van der Waals surface area contributed by atoms with Crippen molar-refractivity contribution in [1.82, 2.24) is 0 Å². The first-order chi connectivity index (χ1) is 13.7. The molecule has 0 spiro atoms. The van der Waals surface area contributed by atoms with E-state index in [1.165, 1.54) is 10.8 Å². The van der Waals surface area contributed by atoms with Crippen molar-refractivity contribution >= 4 is 29.8 Å². The number of ether oxygens (including phenoxy) is 1. The number of aliphatic imine (C=N–C) groups is 2. The maximum absolute atomic E-state index is 10.2. The van der Waals surface area contributed by atoms with Crippen molar-refractivity contribution in [2.75, 3.05) is 7.11 Å². The minimum absolute atomic E-state index is 0.175. The SMILES string of the molecule is COC1CC(C2C=c3c4c(oc3=CC2)C=CCC4)=NC(c2ccccc2O)=N1. The van der Waals surface area contributed by atoms with Crippen LogP contribution < -0.4 is 10.6 Å². The zero-order chi connectivity index (χ0) is 19.1. The number of rotatable bonds is 3. The van der Waals surface area contributed by atoms with Crippen LogP contribution >= 0.6 is 0 Å². The molecule has 2 aromatic rings. The van der Waals surface area contributed by atoms with Crippen LogP contribution in [0.1, 0.15) is 36.1 Å². The highest BCUT2D eigenvalue weighted by atomic mass is 16.5. The van der Waals surface area contributed by atoms with E-state index in [0.717, 1.165) is 36.1 Å². The van der Waals surface area contributed by atoms with Crippen molar-refractivity contribution in [3.8, 4) is 5.75 Å². The first-order valence-corrected chi connectivity index (χ1v) is 9.69. The molecule has 1 aromatic heterocycles. The second-order valence-electron chi connectivity index (χ2n) is 7.34. The van der Waals surface area contributed by atoms with Crippen LogP contribution in [0.2, 0.25) is 0 Å². The van der Waals surface area contributed by atoms with Crippen molar-refractivity contribution in [2.24, 2.45) is 15.9 Å². The van der Waals surface area contributed by atoms with E-state index < -0.39 is 0 Å². The van der Waals surface area contributed by atoms with Crippen LogP contribution in [0.15, 0.2) is 44.7 Å². The fourth-order valence-corrected chi connectivity index (χ4v) is 4.13. The summed E-state index contributed by atoms with van der Waals surface area (Å²) < 4.78 is 11.6. The highest BCUT2D eigenvalue weighted by Gasteiger charge is 2.26. The average molecular weight is 374 g/mol. The summed E-state index contributed by atoms with van der Waals surface area (Å²) in [6.07, 6.45) is 12.0. The second-order valence-corrected chi connectivity index (χ2v) is 7.34. The monoisotopic (exact) mass is 374 g/mol. The number of aromatic hydroxyl groups is 1. The Morgan fingerprint density at radius 3 is 3.00 bits per heavy atom. The lowest BCUT2D eigenvalue weighted by Gasteiger charge is -2.24. The minimum Gasteiger partial charge on any atom is -0.507 e. The quantitative estimate of drug-likeness (QED) is 0.898. The number of phenols is 1. The molecule has 2 unspecified atom stereocenters. The number of fused-ring (bicyclic) bond motifs is 3. The van der Waals surface area contributed by atoms with Crippen LogP contribution in [-0.2, 0) is 11.2 Å².